The largest absolute Gasteiger partial charge is 3.00 e. The minimum absolute atomic E-state index is 0. The molecule has 1 aliphatic heterocycles. The first kappa shape index (κ1) is 29.4. The molecule has 9 nitrogen and oxygen atoms in total. The van der Waals surface area contributed by atoms with E-state index in [0.717, 1.165) is 0 Å². The molecule has 1 fully saturated rings. The normalized spacial score (nSPS) is 21.0. The van der Waals surface area contributed by atoms with Gasteiger partial charge < -0.3 is 29.7 Å². The second-order valence-electron chi connectivity index (χ2n) is 6.45. The van der Waals surface area contributed by atoms with Crippen molar-refractivity contribution in [3.8, 4) is 0 Å². The maximum Gasteiger partial charge on any atom is 3.00 e. The van der Waals surface area contributed by atoms with E-state index in [0.29, 0.717) is 45.7 Å². The Balaban J connectivity index is 0. The Kier molecular flexibility index (Phi) is 15.5. The molecule has 0 aliphatic carbocycles. The molecule has 0 aromatic heterocycles. The average molecular weight is 565 g/mol. The van der Waals surface area contributed by atoms with E-state index < -0.39 is 36.0 Å². The van der Waals surface area contributed by atoms with Gasteiger partial charge in [0.2, 0.25) is 0 Å². The summed E-state index contributed by atoms with van der Waals surface area (Å²) < 4.78 is 0. The first-order valence-electron chi connectivity index (χ1n) is 8.49. The first-order chi connectivity index (χ1) is 11.6. The zero-order chi connectivity index (χ0) is 19.1. The molecular weight excluding hydrogens is 538 g/mol. The Morgan fingerprint density at radius 2 is 0.852 bits per heavy atom. The summed E-state index contributed by atoms with van der Waals surface area (Å²) in [4.78, 5) is 38.6. The standard InChI is InChI=1S/C16H29N3O6.Gd.V/c1-11(14(20)21)17-5-4-6-18(12(2)15(22)23)8-10-19(9-7-17)13(3)16(24)25;;/h11-13H,4-10H2,1-3H3,(H,20,21)(H,22,23)(H,24,25);;/q;+3;/p-3. The maximum atomic E-state index is 11.2. The van der Waals surface area contributed by atoms with Crippen LogP contribution in [0.15, 0.2) is 0 Å². The van der Waals surface area contributed by atoms with Gasteiger partial charge in [0.25, 0.3) is 0 Å². The SMILES string of the molecule is CC(C(=O)[O-])N1CCCN(C(C)C(=O)[O-])CCN(C(C)C(=O)[O-])CC1.[Gd+3].[V]. The summed E-state index contributed by atoms with van der Waals surface area (Å²) >= 11 is 0. The Morgan fingerprint density at radius 3 is 1.07 bits per heavy atom. The van der Waals surface area contributed by atoms with Crippen molar-refractivity contribution in [2.45, 2.75) is 45.3 Å². The van der Waals surface area contributed by atoms with Gasteiger partial charge in [0.1, 0.15) is 0 Å². The maximum absolute atomic E-state index is 11.2. The number of nitrogens with zero attached hydrogens (tertiary/aromatic N) is 3. The van der Waals surface area contributed by atoms with Crippen molar-refractivity contribution in [1.29, 1.82) is 0 Å². The van der Waals surface area contributed by atoms with Crippen LogP contribution in [0.1, 0.15) is 27.2 Å². The second kappa shape index (κ2) is 14.2. The summed E-state index contributed by atoms with van der Waals surface area (Å²) in [5.41, 5.74) is 0. The molecule has 0 spiro atoms. The molecule has 11 heteroatoms. The van der Waals surface area contributed by atoms with Crippen molar-refractivity contribution < 1.29 is 88.2 Å². The van der Waals surface area contributed by atoms with Gasteiger partial charge in [0.05, 0.1) is 17.9 Å². The summed E-state index contributed by atoms with van der Waals surface area (Å²) in [5.74, 6) is -3.62. The molecule has 1 rings (SSSR count). The van der Waals surface area contributed by atoms with E-state index in [9.17, 15) is 29.7 Å². The predicted molar refractivity (Wildman–Crippen MR) is 82.7 cm³/mol. The predicted octanol–water partition coefficient (Wildman–Crippen LogP) is -4.29. The van der Waals surface area contributed by atoms with E-state index in [-0.39, 0.29) is 58.5 Å². The van der Waals surface area contributed by atoms with Gasteiger partial charge in [-0.2, -0.15) is 0 Å². The quantitative estimate of drug-likeness (QED) is 0.315. The van der Waals surface area contributed by atoms with Crippen molar-refractivity contribution in [3.05, 3.63) is 0 Å². The Bertz CT molecular complexity index is 467. The Morgan fingerprint density at radius 1 is 0.630 bits per heavy atom. The average Bonchev–Trinajstić information content (AvgIpc) is 2.56. The summed E-state index contributed by atoms with van der Waals surface area (Å²) in [6.45, 7) is 6.86. The van der Waals surface area contributed by atoms with Gasteiger partial charge in [-0.1, -0.05) is 0 Å². The molecular formula is C16H26GdN3O6V. The minimum atomic E-state index is -1.23. The smallest absolute Gasteiger partial charge is 0.548 e. The molecule has 0 aromatic carbocycles. The zero-order valence-electron chi connectivity index (χ0n) is 15.8. The number of hydrogen-bond donors (Lipinski definition) is 0. The Hall–Kier alpha value is 0.199. The molecule has 1 saturated heterocycles. The van der Waals surface area contributed by atoms with Crippen LogP contribution in [0.4, 0.5) is 0 Å². The van der Waals surface area contributed by atoms with E-state index in [2.05, 4.69) is 0 Å². The van der Waals surface area contributed by atoms with Gasteiger partial charge >= 0.3 is 39.9 Å². The molecule has 0 bridgehead atoms. The summed E-state index contributed by atoms with van der Waals surface area (Å²) in [6.07, 6.45) is 0.589. The number of carboxylic acids is 3. The van der Waals surface area contributed by atoms with Crippen molar-refractivity contribution in [1.82, 2.24) is 14.7 Å². The van der Waals surface area contributed by atoms with Crippen molar-refractivity contribution in [3.63, 3.8) is 0 Å². The number of carboxylic acid groups (broad SMARTS) is 3. The van der Waals surface area contributed by atoms with E-state index in [4.69, 9.17) is 0 Å². The summed E-state index contributed by atoms with van der Waals surface area (Å²) in [6, 6.07) is -2.49. The zero-order valence-corrected chi connectivity index (χ0v) is 19.4. The van der Waals surface area contributed by atoms with Crippen LogP contribution < -0.4 is 15.3 Å². The monoisotopic (exact) mass is 565 g/mol. The number of carbonyl (C=O) groups is 3. The van der Waals surface area contributed by atoms with Crippen molar-refractivity contribution >= 4 is 17.9 Å². The topological polar surface area (TPSA) is 130 Å². The molecule has 3 atom stereocenters. The third-order valence-corrected chi connectivity index (χ3v) is 4.91. The minimum Gasteiger partial charge on any atom is -0.548 e. The van der Waals surface area contributed by atoms with Crippen LogP contribution in [0.2, 0.25) is 0 Å². The Labute approximate surface area is 204 Å². The van der Waals surface area contributed by atoms with E-state index in [1.165, 1.54) is 20.8 Å². The van der Waals surface area contributed by atoms with Crippen LogP contribution >= 0.6 is 0 Å². The number of aliphatic carboxylic acids is 3. The third kappa shape index (κ3) is 9.49. The van der Waals surface area contributed by atoms with Gasteiger partial charge in [-0.05, 0) is 27.2 Å². The van der Waals surface area contributed by atoms with Crippen LogP contribution in [-0.4, -0.2) is 90.0 Å². The van der Waals surface area contributed by atoms with Gasteiger partial charge in [0.15, 0.2) is 0 Å². The number of carbonyl (C=O) groups excluding carboxylic acids is 3. The van der Waals surface area contributed by atoms with Crippen LogP contribution in [0.25, 0.3) is 0 Å². The molecule has 0 aromatic rings. The molecule has 0 N–H and O–H groups in total. The molecule has 27 heavy (non-hydrogen) atoms. The number of hydrogen-bond acceptors (Lipinski definition) is 9. The van der Waals surface area contributed by atoms with E-state index in [1.54, 1.807) is 14.7 Å². The molecule has 154 valence electrons. The fourth-order valence-electron chi connectivity index (χ4n) is 2.94. The summed E-state index contributed by atoms with van der Waals surface area (Å²) in [5, 5.41) is 33.5. The van der Waals surface area contributed by atoms with Gasteiger partial charge in [0, 0.05) is 75.9 Å². The van der Waals surface area contributed by atoms with Crippen molar-refractivity contribution in [2.24, 2.45) is 0 Å². The molecule has 0 amide bonds. The van der Waals surface area contributed by atoms with Crippen LogP contribution in [-0.2, 0) is 32.9 Å². The summed E-state index contributed by atoms with van der Waals surface area (Å²) in [7, 11) is 0. The fraction of sp³-hybridized carbons (Fsp3) is 0.812. The first-order valence-corrected chi connectivity index (χ1v) is 8.49. The van der Waals surface area contributed by atoms with Gasteiger partial charge in [-0.3, -0.25) is 14.7 Å². The van der Waals surface area contributed by atoms with Crippen LogP contribution in [0, 0.1) is 39.9 Å². The van der Waals surface area contributed by atoms with Crippen LogP contribution in [0.3, 0.4) is 0 Å². The van der Waals surface area contributed by atoms with E-state index in [1.807, 2.05) is 0 Å². The number of rotatable bonds is 6. The molecule has 1 aliphatic rings. The molecule has 3 unspecified atom stereocenters. The second-order valence-corrected chi connectivity index (χ2v) is 6.45. The third-order valence-electron chi connectivity index (χ3n) is 4.91. The van der Waals surface area contributed by atoms with Crippen molar-refractivity contribution in [2.75, 3.05) is 39.3 Å². The van der Waals surface area contributed by atoms with Gasteiger partial charge in [-0.25, -0.2) is 0 Å². The van der Waals surface area contributed by atoms with Gasteiger partial charge in [-0.15, -0.1) is 0 Å². The molecule has 1 heterocycles. The fourth-order valence-corrected chi connectivity index (χ4v) is 2.94. The molecule has 2 radical (unpaired) electrons. The van der Waals surface area contributed by atoms with E-state index >= 15 is 0 Å². The van der Waals surface area contributed by atoms with Crippen LogP contribution in [0.5, 0.6) is 0 Å². The molecule has 0 saturated carbocycles.